The first-order valence-electron chi connectivity index (χ1n) is 7.53. The fourth-order valence-corrected chi connectivity index (χ4v) is 3.13. The highest BCUT2D eigenvalue weighted by Gasteiger charge is 2.11. The molecule has 25 heavy (non-hydrogen) atoms. The van der Waals surface area contributed by atoms with Gasteiger partial charge < -0.3 is 24.7 Å². The molecule has 1 N–H and O–H groups in total. The number of carbonyl (C=O) groups excluding carboxylic acids is 2. The predicted molar refractivity (Wildman–Crippen MR) is 95.2 cm³/mol. The van der Waals surface area contributed by atoms with E-state index in [9.17, 15) is 14.7 Å². The van der Waals surface area contributed by atoms with Crippen LogP contribution >= 0.6 is 11.3 Å². The minimum absolute atomic E-state index is 0.00489. The Morgan fingerprint density at radius 2 is 1.92 bits per heavy atom. The maximum absolute atomic E-state index is 12.1. The fraction of sp³-hybridized carbons (Fsp3) is 0.222. The van der Waals surface area contributed by atoms with Gasteiger partial charge in [0, 0.05) is 16.5 Å². The molecule has 1 aromatic carbocycles. The van der Waals surface area contributed by atoms with Crippen LogP contribution in [0.2, 0.25) is 0 Å². The molecule has 0 fully saturated rings. The number of nitrogens with one attached hydrogen (secondary N) is 1. The van der Waals surface area contributed by atoms with E-state index in [2.05, 4.69) is 5.32 Å². The van der Waals surface area contributed by atoms with Gasteiger partial charge in [0.15, 0.2) is 11.5 Å². The molecule has 0 spiro atoms. The third kappa shape index (κ3) is 4.60. The molecule has 0 unspecified atom stereocenters. The Balaban J connectivity index is 2.14. The molecule has 0 saturated heterocycles. The van der Waals surface area contributed by atoms with Gasteiger partial charge in [0.25, 0.3) is 0 Å². The molecule has 0 bridgehead atoms. The van der Waals surface area contributed by atoms with Gasteiger partial charge in [-0.25, -0.2) is 0 Å². The molecule has 6 nitrogen and oxygen atoms in total. The summed E-state index contributed by atoms with van der Waals surface area (Å²) >= 11 is 1.23. The van der Waals surface area contributed by atoms with Gasteiger partial charge in [-0.3, -0.25) is 4.79 Å². The highest BCUT2D eigenvalue weighted by Crippen LogP contribution is 2.29. The van der Waals surface area contributed by atoms with Crippen molar-refractivity contribution in [3.63, 3.8) is 0 Å². The van der Waals surface area contributed by atoms with Crippen molar-refractivity contribution in [1.82, 2.24) is 0 Å². The normalized spacial score (nSPS) is 10.7. The average molecular weight is 360 g/mol. The van der Waals surface area contributed by atoms with E-state index >= 15 is 0 Å². The lowest BCUT2D eigenvalue weighted by atomic mass is 10.2. The maximum atomic E-state index is 12.1. The number of methoxy groups -OCH3 is 2. The van der Waals surface area contributed by atoms with E-state index in [4.69, 9.17) is 9.47 Å². The molecule has 2 rings (SSSR count). The SMILES string of the molecule is CCc1cc(C(=O)[O-])c(NC(=O)C=Cc2ccc(OC)c(OC)c2)s1. The average Bonchev–Trinajstić information content (AvgIpc) is 3.02. The highest BCUT2D eigenvalue weighted by atomic mass is 32.1. The zero-order valence-electron chi connectivity index (χ0n) is 14.1. The van der Waals surface area contributed by atoms with Crippen molar-refractivity contribution < 1.29 is 24.2 Å². The fourth-order valence-electron chi connectivity index (χ4n) is 2.14. The number of amides is 1. The summed E-state index contributed by atoms with van der Waals surface area (Å²) in [6.45, 7) is 1.91. The van der Waals surface area contributed by atoms with Crippen LogP contribution in [-0.2, 0) is 11.2 Å². The molecule has 0 atom stereocenters. The van der Waals surface area contributed by atoms with Crippen LogP contribution in [0.15, 0.2) is 30.3 Å². The number of carbonyl (C=O) groups is 2. The van der Waals surface area contributed by atoms with Gasteiger partial charge in [0.1, 0.15) is 5.00 Å². The summed E-state index contributed by atoms with van der Waals surface area (Å²) in [6.07, 6.45) is 3.61. The number of ether oxygens (including phenoxy) is 2. The lowest BCUT2D eigenvalue weighted by molar-refractivity contribution is -0.254. The van der Waals surface area contributed by atoms with E-state index in [1.807, 2.05) is 6.92 Å². The maximum Gasteiger partial charge on any atom is 0.249 e. The zero-order chi connectivity index (χ0) is 18.4. The van der Waals surface area contributed by atoms with Crippen LogP contribution in [0.5, 0.6) is 11.5 Å². The van der Waals surface area contributed by atoms with E-state index in [1.54, 1.807) is 31.4 Å². The van der Waals surface area contributed by atoms with Crippen molar-refractivity contribution >= 4 is 34.3 Å². The van der Waals surface area contributed by atoms with Crippen LogP contribution in [0.4, 0.5) is 5.00 Å². The smallest absolute Gasteiger partial charge is 0.249 e. The monoisotopic (exact) mass is 360 g/mol. The van der Waals surface area contributed by atoms with Crippen LogP contribution in [0.3, 0.4) is 0 Å². The number of benzene rings is 1. The van der Waals surface area contributed by atoms with Crippen LogP contribution in [0, 0.1) is 0 Å². The van der Waals surface area contributed by atoms with Crippen molar-refractivity contribution in [1.29, 1.82) is 0 Å². The molecule has 1 heterocycles. The number of thiophene rings is 1. The van der Waals surface area contributed by atoms with E-state index in [0.29, 0.717) is 17.9 Å². The van der Waals surface area contributed by atoms with Gasteiger partial charge in [-0.2, -0.15) is 0 Å². The number of rotatable bonds is 7. The Kier molecular flexibility index (Phi) is 6.19. The largest absolute Gasteiger partial charge is 0.545 e. The molecule has 0 aliphatic carbocycles. The number of anilines is 1. The van der Waals surface area contributed by atoms with Crippen LogP contribution in [0.1, 0.15) is 27.7 Å². The zero-order valence-corrected chi connectivity index (χ0v) is 14.9. The summed E-state index contributed by atoms with van der Waals surface area (Å²) in [5.41, 5.74) is 0.739. The van der Waals surface area contributed by atoms with Gasteiger partial charge in [0.2, 0.25) is 5.91 Å². The second-order valence-electron chi connectivity index (χ2n) is 5.03. The van der Waals surface area contributed by atoms with E-state index < -0.39 is 11.9 Å². The van der Waals surface area contributed by atoms with Crippen molar-refractivity contribution in [3.8, 4) is 11.5 Å². The molecule has 132 valence electrons. The Morgan fingerprint density at radius 3 is 2.52 bits per heavy atom. The lowest BCUT2D eigenvalue weighted by Gasteiger charge is -2.07. The molecule has 7 heteroatoms. The second-order valence-corrected chi connectivity index (χ2v) is 6.17. The number of aryl methyl sites for hydroxylation is 1. The molecular formula is C18H18NO5S-. The topological polar surface area (TPSA) is 87.7 Å². The Bertz CT molecular complexity index is 810. The summed E-state index contributed by atoms with van der Waals surface area (Å²) in [7, 11) is 3.07. The van der Waals surface area contributed by atoms with Crippen molar-refractivity contribution in [2.45, 2.75) is 13.3 Å². The van der Waals surface area contributed by atoms with Crippen molar-refractivity contribution in [2.75, 3.05) is 19.5 Å². The third-order valence-electron chi connectivity index (χ3n) is 3.42. The molecule has 0 aliphatic heterocycles. The molecule has 2 aromatic rings. The molecule has 0 saturated carbocycles. The first kappa shape index (κ1) is 18.5. The molecule has 1 amide bonds. The Labute approximate surface area is 149 Å². The number of hydrogen-bond donors (Lipinski definition) is 1. The number of carboxylic acid groups (broad SMARTS) is 1. The lowest BCUT2D eigenvalue weighted by Crippen LogP contribution is -2.23. The van der Waals surface area contributed by atoms with Gasteiger partial charge in [-0.05, 0) is 36.3 Å². The third-order valence-corrected chi connectivity index (χ3v) is 4.62. The number of aromatic carboxylic acids is 1. The van der Waals surface area contributed by atoms with Crippen molar-refractivity contribution in [3.05, 3.63) is 46.3 Å². The molecule has 0 aliphatic rings. The van der Waals surface area contributed by atoms with Gasteiger partial charge >= 0.3 is 0 Å². The van der Waals surface area contributed by atoms with Gasteiger partial charge in [-0.1, -0.05) is 13.0 Å². The molecule has 1 aromatic heterocycles. The minimum Gasteiger partial charge on any atom is -0.545 e. The highest BCUT2D eigenvalue weighted by molar-refractivity contribution is 7.16. The summed E-state index contributed by atoms with van der Waals surface area (Å²) < 4.78 is 10.4. The van der Waals surface area contributed by atoms with Gasteiger partial charge in [0.05, 0.1) is 20.2 Å². The first-order valence-corrected chi connectivity index (χ1v) is 8.35. The summed E-state index contributed by atoms with van der Waals surface area (Å²) in [4.78, 5) is 24.1. The van der Waals surface area contributed by atoms with E-state index in [-0.39, 0.29) is 10.6 Å². The first-order chi connectivity index (χ1) is 12.0. The summed E-state index contributed by atoms with van der Waals surface area (Å²) in [5.74, 6) is -0.597. The van der Waals surface area contributed by atoms with Crippen LogP contribution in [0.25, 0.3) is 6.08 Å². The minimum atomic E-state index is -1.31. The van der Waals surface area contributed by atoms with E-state index in [0.717, 1.165) is 10.4 Å². The van der Waals surface area contributed by atoms with E-state index in [1.165, 1.54) is 30.6 Å². The number of carboxylic acids is 1. The Morgan fingerprint density at radius 1 is 1.20 bits per heavy atom. The predicted octanol–water partition coefficient (Wildman–Crippen LogP) is 2.34. The quantitative estimate of drug-likeness (QED) is 0.766. The summed E-state index contributed by atoms with van der Waals surface area (Å²) in [5, 5.41) is 14.0. The van der Waals surface area contributed by atoms with Crippen LogP contribution in [-0.4, -0.2) is 26.1 Å². The number of hydrogen-bond acceptors (Lipinski definition) is 6. The van der Waals surface area contributed by atoms with Crippen LogP contribution < -0.4 is 19.9 Å². The molecular weight excluding hydrogens is 342 g/mol. The second kappa shape index (κ2) is 8.34. The Hall–Kier alpha value is -2.80. The summed E-state index contributed by atoms with van der Waals surface area (Å²) in [6, 6.07) is 6.76. The van der Waals surface area contributed by atoms with Crippen molar-refractivity contribution in [2.24, 2.45) is 0 Å². The molecule has 0 radical (unpaired) electrons. The van der Waals surface area contributed by atoms with Gasteiger partial charge in [-0.15, -0.1) is 11.3 Å². The standard InChI is InChI=1S/C18H19NO5S/c1-4-12-10-13(18(21)22)17(25-12)19-16(20)8-6-11-5-7-14(23-2)15(9-11)24-3/h5-10H,4H2,1-3H3,(H,19,20)(H,21,22)/p-1.